The van der Waals surface area contributed by atoms with E-state index in [1.807, 2.05) is 6.07 Å². The molecule has 0 spiro atoms. The topological polar surface area (TPSA) is 23.8 Å². The minimum Gasteiger partial charge on any atom is -0.258 e. The normalized spacial score (nSPS) is 12.8. The molecule has 1 unspecified atom stereocenters. The molecular weight excluding hydrogens is 146 g/mol. The fourth-order valence-electron chi connectivity index (χ4n) is 1.31. The van der Waals surface area contributed by atoms with E-state index >= 15 is 0 Å². The second-order valence-electron chi connectivity index (χ2n) is 3.17. The van der Waals surface area contributed by atoms with Crippen LogP contribution in [0.4, 0.5) is 0 Å². The lowest BCUT2D eigenvalue weighted by Crippen LogP contribution is -2.09. The van der Waals surface area contributed by atoms with Crippen LogP contribution in [0.3, 0.4) is 0 Å². The van der Waals surface area contributed by atoms with Gasteiger partial charge in [0.05, 0.1) is 0 Å². The van der Waals surface area contributed by atoms with Crippen LogP contribution in [0, 0.1) is 5.92 Å². The SMILES string of the molecule is CCC(C[NH])Cc1ccccc1. The molecule has 1 aromatic rings. The molecule has 0 bridgehead atoms. The maximum atomic E-state index is 7.31. The monoisotopic (exact) mass is 162 g/mol. The zero-order valence-electron chi connectivity index (χ0n) is 7.59. The van der Waals surface area contributed by atoms with Crippen LogP contribution in [0.15, 0.2) is 30.3 Å². The van der Waals surface area contributed by atoms with Crippen molar-refractivity contribution < 1.29 is 0 Å². The van der Waals surface area contributed by atoms with Crippen LogP contribution >= 0.6 is 0 Å². The zero-order valence-corrected chi connectivity index (χ0v) is 7.59. The summed E-state index contributed by atoms with van der Waals surface area (Å²) in [5.41, 5.74) is 8.67. The summed E-state index contributed by atoms with van der Waals surface area (Å²) in [6, 6.07) is 10.4. The molecule has 1 atom stereocenters. The summed E-state index contributed by atoms with van der Waals surface area (Å²) in [5, 5.41) is 0. The van der Waals surface area contributed by atoms with Gasteiger partial charge in [-0.3, -0.25) is 5.73 Å². The molecule has 1 radical (unpaired) electrons. The molecule has 1 rings (SSSR count). The van der Waals surface area contributed by atoms with E-state index in [4.69, 9.17) is 5.73 Å². The van der Waals surface area contributed by atoms with Crippen molar-refractivity contribution in [3.63, 3.8) is 0 Å². The molecule has 0 aliphatic carbocycles. The molecule has 0 aliphatic rings. The lowest BCUT2D eigenvalue weighted by atomic mass is 9.97. The molecule has 0 saturated heterocycles. The Bertz CT molecular complexity index is 202. The Balaban J connectivity index is 2.51. The summed E-state index contributed by atoms with van der Waals surface area (Å²) in [6.07, 6.45) is 2.17. The van der Waals surface area contributed by atoms with Gasteiger partial charge in [0, 0.05) is 6.54 Å². The van der Waals surface area contributed by atoms with Gasteiger partial charge in [0.2, 0.25) is 0 Å². The highest BCUT2D eigenvalue weighted by Crippen LogP contribution is 2.10. The van der Waals surface area contributed by atoms with Crippen LogP contribution in [0.25, 0.3) is 0 Å². The van der Waals surface area contributed by atoms with Gasteiger partial charge in [0.1, 0.15) is 0 Å². The van der Waals surface area contributed by atoms with Crippen LogP contribution in [0.5, 0.6) is 0 Å². The highest BCUT2D eigenvalue weighted by molar-refractivity contribution is 5.15. The molecule has 1 heteroatoms. The average Bonchev–Trinajstić information content (AvgIpc) is 2.16. The van der Waals surface area contributed by atoms with Gasteiger partial charge in [0.25, 0.3) is 0 Å². The minimum absolute atomic E-state index is 0.535. The van der Waals surface area contributed by atoms with Gasteiger partial charge in [-0.2, -0.15) is 0 Å². The Morgan fingerprint density at radius 2 is 1.92 bits per heavy atom. The predicted octanol–water partition coefficient (Wildman–Crippen LogP) is 2.54. The van der Waals surface area contributed by atoms with Crippen molar-refractivity contribution in [3.05, 3.63) is 35.9 Å². The summed E-state index contributed by atoms with van der Waals surface area (Å²) in [5.74, 6) is 0.535. The van der Waals surface area contributed by atoms with E-state index in [1.165, 1.54) is 5.56 Å². The van der Waals surface area contributed by atoms with E-state index in [-0.39, 0.29) is 0 Å². The van der Waals surface area contributed by atoms with Crippen LogP contribution in [-0.2, 0) is 6.42 Å². The molecule has 12 heavy (non-hydrogen) atoms. The highest BCUT2D eigenvalue weighted by atomic mass is 14.5. The molecule has 0 heterocycles. The maximum absolute atomic E-state index is 7.31. The first-order valence-electron chi connectivity index (χ1n) is 4.55. The third-order valence-electron chi connectivity index (χ3n) is 2.23. The number of hydrogen-bond acceptors (Lipinski definition) is 0. The van der Waals surface area contributed by atoms with E-state index in [2.05, 4.69) is 31.2 Å². The summed E-state index contributed by atoms with van der Waals surface area (Å²) in [4.78, 5) is 0. The lowest BCUT2D eigenvalue weighted by Gasteiger charge is -2.10. The van der Waals surface area contributed by atoms with E-state index in [1.54, 1.807) is 0 Å². The second-order valence-corrected chi connectivity index (χ2v) is 3.17. The Morgan fingerprint density at radius 1 is 1.25 bits per heavy atom. The minimum atomic E-state index is 0.535. The predicted molar refractivity (Wildman–Crippen MR) is 51.9 cm³/mol. The number of rotatable bonds is 4. The van der Waals surface area contributed by atoms with Crippen molar-refractivity contribution in [1.82, 2.24) is 5.73 Å². The molecular formula is C11H16N. The summed E-state index contributed by atoms with van der Waals surface area (Å²) in [6.45, 7) is 2.70. The average molecular weight is 162 g/mol. The Morgan fingerprint density at radius 3 is 2.42 bits per heavy atom. The van der Waals surface area contributed by atoms with Crippen molar-refractivity contribution >= 4 is 0 Å². The summed E-state index contributed by atoms with van der Waals surface area (Å²) >= 11 is 0. The molecule has 1 aromatic carbocycles. The van der Waals surface area contributed by atoms with E-state index < -0.39 is 0 Å². The van der Waals surface area contributed by atoms with Gasteiger partial charge < -0.3 is 0 Å². The smallest absolute Gasteiger partial charge is 0.0131 e. The molecule has 0 aromatic heterocycles. The van der Waals surface area contributed by atoms with Crippen LogP contribution < -0.4 is 5.73 Å². The van der Waals surface area contributed by atoms with Crippen LogP contribution in [-0.4, -0.2) is 6.54 Å². The van der Waals surface area contributed by atoms with Crippen molar-refractivity contribution in [1.29, 1.82) is 0 Å². The highest BCUT2D eigenvalue weighted by Gasteiger charge is 2.03. The first-order chi connectivity index (χ1) is 5.86. The molecule has 65 valence electrons. The van der Waals surface area contributed by atoms with Gasteiger partial charge >= 0.3 is 0 Å². The van der Waals surface area contributed by atoms with Gasteiger partial charge in [-0.25, -0.2) is 0 Å². The molecule has 1 nitrogen and oxygen atoms in total. The Labute approximate surface area is 74.6 Å². The molecule has 0 saturated carbocycles. The molecule has 1 N–H and O–H groups in total. The van der Waals surface area contributed by atoms with E-state index in [0.717, 1.165) is 12.8 Å². The number of benzene rings is 1. The summed E-state index contributed by atoms with van der Waals surface area (Å²) < 4.78 is 0. The van der Waals surface area contributed by atoms with Crippen molar-refractivity contribution in [3.8, 4) is 0 Å². The van der Waals surface area contributed by atoms with E-state index in [9.17, 15) is 0 Å². The third kappa shape index (κ3) is 2.67. The van der Waals surface area contributed by atoms with Gasteiger partial charge in [0.15, 0.2) is 0 Å². The Kier molecular flexibility index (Phi) is 3.81. The lowest BCUT2D eigenvalue weighted by molar-refractivity contribution is 0.512. The zero-order chi connectivity index (χ0) is 8.81. The first kappa shape index (κ1) is 9.27. The fraction of sp³-hybridized carbons (Fsp3) is 0.455. The van der Waals surface area contributed by atoms with Crippen molar-refractivity contribution in [2.24, 2.45) is 5.92 Å². The Hall–Kier alpha value is -0.820. The van der Waals surface area contributed by atoms with Crippen LogP contribution in [0.2, 0.25) is 0 Å². The maximum Gasteiger partial charge on any atom is 0.0131 e. The fourth-order valence-corrected chi connectivity index (χ4v) is 1.31. The molecule has 0 aliphatic heterocycles. The standard InChI is InChI=1S/C11H16N/c1-2-10(9-12)8-11-6-4-3-5-7-11/h3-7,10,12H,2,8-9H2,1H3. The van der Waals surface area contributed by atoms with Crippen LogP contribution in [0.1, 0.15) is 18.9 Å². The van der Waals surface area contributed by atoms with Gasteiger partial charge in [-0.1, -0.05) is 43.7 Å². The first-order valence-corrected chi connectivity index (χ1v) is 4.55. The molecule has 0 amide bonds. The largest absolute Gasteiger partial charge is 0.258 e. The van der Waals surface area contributed by atoms with Crippen molar-refractivity contribution in [2.75, 3.05) is 6.54 Å². The van der Waals surface area contributed by atoms with Crippen molar-refractivity contribution in [2.45, 2.75) is 19.8 Å². The number of hydrogen-bond donors (Lipinski definition) is 0. The quantitative estimate of drug-likeness (QED) is 0.649. The second kappa shape index (κ2) is 4.94. The number of nitrogens with one attached hydrogen (secondary N) is 1. The summed E-state index contributed by atoms with van der Waals surface area (Å²) in [7, 11) is 0. The third-order valence-corrected chi connectivity index (χ3v) is 2.23. The van der Waals surface area contributed by atoms with Gasteiger partial charge in [-0.05, 0) is 17.9 Å². The van der Waals surface area contributed by atoms with E-state index in [0.29, 0.717) is 12.5 Å². The van der Waals surface area contributed by atoms with Gasteiger partial charge in [-0.15, -0.1) is 0 Å². The molecule has 0 fully saturated rings.